The number of halogens is 1. The van der Waals surface area contributed by atoms with Gasteiger partial charge >= 0.3 is 5.97 Å². The van der Waals surface area contributed by atoms with Gasteiger partial charge in [-0.3, -0.25) is 4.79 Å². The van der Waals surface area contributed by atoms with Crippen molar-refractivity contribution in [3.8, 4) is 0 Å². The van der Waals surface area contributed by atoms with Crippen molar-refractivity contribution in [1.82, 2.24) is 4.57 Å². The predicted octanol–water partition coefficient (Wildman–Crippen LogP) is 1.66. The molecule has 0 radical (unpaired) electrons. The first-order valence-corrected chi connectivity index (χ1v) is 4.43. The Morgan fingerprint density at radius 3 is 2.56 bits per heavy atom. The summed E-state index contributed by atoms with van der Waals surface area (Å²) >= 11 is 0. The normalized spacial score (nSPS) is 9.81. The molecule has 1 aromatic carbocycles. The highest BCUT2D eigenvalue weighted by atomic mass is 35.5. The quantitative estimate of drug-likeness (QED) is 0.823. The molecule has 2 aromatic rings. The molecule has 2 rings (SSSR count). The van der Waals surface area contributed by atoms with Gasteiger partial charge in [-0.1, -0.05) is 18.2 Å². The Morgan fingerprint density at radius 1 is 1.31 bits per heavy atom. The molecule has 16 heavy (non-hydrogen) atoms. The molecular formula is C11H10ClNO3. The Labute approximate surface area is 97.5 Å². The van der Waals surface area contributed by atoms with E-state index in [2.05, 4.69) is 0 Å². The highest BCUT2D eigenvalue weighted by Crippen LogP contribution is 2.11. The molecule has 0 bridgehead atoms. The van der Waals surface area contributed by atoms with Crippen molar-refractivity contribution in [2.75, 3.05) is 0 Å². The van der Waals surface area contributed by atoms with E-state index in [4.69, 9.17) is 5.11 Å². The number of fused-ring (bicyclic) bond motifs is 1. The van der Waals surface area contributed by atoms with Crippen molar-refractivity contribution in [2.24, 2.45) is 7.05 Å². The van der Waals surface area contributed by atoms with Crippen LogP contribution in [0, 0.1) is 0 Å². The average molecular weight is 240 g/mol. The van der Waals surface area contributed by atoms with Crippen molar-refractivity contribution in [1.29, 1.82) is 0 Å². The second kappa shape index (κ2) is 4.37. The number of hydrogen-bond acceptors (Lipinski definition) is 2. The molecule has 4 nitrogen and oxygen atoms in total. The largest absolute Gasteiger partial charge is 0.477 e. The average Bonchev–Trinajstić information content (AvgIpc) is 2.23. The second-order valence-electron chi connectivity index (χ2n) is 3.29. The van der Waals surface area contributed by atoms with Crippen LogP contribution in [0.5, 0.6) is 0 Å². The molecule has 5 heteroatoms. The SMILES string of the molecule is Cl.Cn1c(=O)c(C(=O)O)cc2ccccc21. The number of nitrogens with zero attached hydrogens (tertiary/aromatic N) is 1. The first kappa shape index (κ1) is 12.3. The summed E-state index contributed by atoms with van der Waals surface area (Å²) in [6.45, 7) is 0. The Kier molecular flexibility index (Phi) is 3.34. The number of carboxylic acid groups (broad SMARTS) is 1. The molecule has 1 N–H and O–H groups in total. The van der Waals surface area contributed by atoms with E-state index in [0.29, 0.717) is 0 Å². The van der Waals surface area contributed by atoms with Gasteiger partial charge in [0.1, 0.15) is 5.56 Å². The van der Waals surface area contributed by atoms with Crippen LogP contribution in [-0.4, -0.2) is 15.6 Å². The van der Waals surface area contributed by atoms with E-state index < -0.39 is 11.5 Å². The van der Waals surface area contributed by atoms with Crippen LogP contribution in [0.3, 0.4) is 0 Å². The fourth-order valence-corrected chi connectivity index (χ4v) is 1.58. The van der Waals surface area contributed by atoms with Crippen LogP contribution in [0.15, 0.2) is 35.1 Å². The molecule has 0 spiro atoms. The summed E-state index contributed by atoms with van der Waals surface area (Å²) in [7, 11) is 1.57. The summed E-state index contributed by atoms with van der Waals surface area (Å²) in [5.74, 6) is -1.19. The zero-order chi connectivity index (χ0) is 11.0. The van der Waals surface area contributed by atoms with Gasteiger partial charge in [-0.2, -0.15) is 0 Å². The molecule has 84 valence electrons. The van der Waals surface area contributed by atoms with Crippen molar-refractivity contribution >= 4 is 29.3 Å². The molecule has 0 amide bonds. The standard InChI is InChI=1S/C11H9NO3.ClH/c1-12-9-5-3-2-4-7(9)6-8(10(12)13)11(14)15;/h2-6H,1H3,(H,14,15);1H. The van der Waals surface area contributed by atoms with Crippen molar-refractivity contribution < 1.29 is 9.90 Å². The predicted molar refractivity (Wildman–Crippen MR) is 63.4 cm³/mol. The topological polar surface area (TPSA) is 59.3 Å². The Balaban J connectivity index is 0.00000128. The minimum absolute atomic E-state index is 0. The van der Waals surface area contributed by atoms with Crippen LogP contribution in [0.25, 0.3) is 10.9 Å². The van der Waals surface area contributed by atoms with E-state index in [0.717, 1.165) is 10.9 Å². The lowest BCUT2D eigenvalue weighted by Crippen LogP contribution is -2.24. The third-order valence-electron chi connectivity index (χ3n) is 2.36. The Hall–Kier alpha value is -1.81. The summed E-state index contributed by atoms with van der Waals surface area (Å²) < 4.78 is 1.35. The first-order chi connectivity index (χ1) is 7.11. The van der Waals surface area contributed by atoms with Gasteiger partial charge in [0.05, 0.1) is 5.52 Å². The smallest absolute Gasteiger partial charge is 0.341 e. The van der Waals surface area contributed by atoms with Gasteiger partial charge in [-0.15, -0.1) is 12.4 Å². The lowest BCUT2D eigenvalue weighted by atomic mass is 10.1. The van der Waals surface area contributed by atoms with Crippen LogP contribution in [-0.2, 0) is 7.05 Å². The van der Waals surface area contributed by atoms with Crippen LogP contribution in [0.4, 0.5) is 0 Å². The Morgan fingerprint density at radius 2 is 1.94 bits per heavy atom. The van der Waals surface area contributed by atoms with Crippen LogP contribution >= 0.6 is 12.4 Å². The number of benzene rings is 1. The molecule has 0 fully saturated rings. The maximum absolute atomic E-state index is 11.6. The maximum Gasteiger partial charge on any atom is 0.341 e. The van der Waals surface area contributed by atoms with Crippen molar-refractivity contribution in [2.45, 2.75) is 0 Å². The number of pyridine rings is 1. The lowest BCUT2D eigenvalue weighted by molar-refractivity contribution is 0.0694. The van der Waals surface area contributed by atoms with Gasteiger partial charge in [0.25, 0.3) is 5.56 Å². The molecule has 0 saturated heterocycles. The maximum atomic E-state index is 11.6. The minimum Gasteiger partial charge on any atom is -0.477 e. The highest BCUT2D eigenvalue weighted by Gasteiger charge is 2.11. The van der Waals surface area contributed by atoms with E-state index in [9.17, 15) is 9.59 Å². The number of rotatable bonds is 1. The molecule has 0 aliphatic carbocycles. The van der Waals surface area contributed by atoms with Gasteiger partial charge < -0.3 is 9.67 Å². The summed E-state index contributed by atoms with van der Waals surface area (Å²) in [6.07, 6.45) is 0. The summed E-state index contributed by atoms with van der Waals surface area (Å²) in [6, 6.07) is 8.57. The van der Waals surface area contributed by atoms with E-state index in [1.807, 2.05) is 6.07 Å². The number of carbonyl (C=O) groups is 1. The summed E-state index contributed by atoms with van der Waals surface area (Å²) in [5, 5.41) is 9.58. The van der Waals surface area contributed by atoms with Gasteiger partial charge in [-0.05, 0) is 17.5 Å². The summed E-state index contributed by atoms with van der Waals surface area (Å²) in [5.41, 5.74) is 0.0462. The number of hydrogen-bond donors (Lipinski definition) is 1. The van der Waals surface area contributed by atoms with E-state index >= 15 is 0 Å². The fourth-order valence-electron chi connectivity index (χ4n) is 1.58. The van der Waals surface area contributed by atoms with Crippen molar-refractivity contribution in [3.63, 3.8) is 0 Å². The number of aromatic nitrogens is 1. The zero-order valence-electron chi connectivity index (χ0n) is 8.51. The molecule has 0 unspecified atom stereocenters. The number of para-hydroxylation sites is 1. The van der Waals surface area contributed by atoms with E-state index in [1.54, 1.807) is 25.2 Å². The molecule has 0 atom stereocenters. The number of carboxylic acids is 1. The monoisotopic (exact) mass is 239 g/mol. The molecule has 0 aliphatic rings. The van der Waals surface area contributed by atoms with Gasteiger partial charge in [0.2, 0.25) is 0 Å². The number of aromatic carboxylic acids is 1. The Bertz CT molecular complexity index is 604. The van der Waals surface area contributed by atoms with Crippen LogP contribution in [0.1, 0.15) is 10.4 Å². The van der Waals surface area contributed by atoms with Gasteiger partial charge in [-0.25, -0.2) is 4.79 Å². The van der Waals surface area contributed by atoms with Crippen LogP contribution in [0.2, 0.25) is 0 Å². The fraction of sp³-hybridized carbons (Fsp3) is 0.0909. The third-order valence-corrected chi connectivity index (χ3v) is 2.36. The molecule has 0 saturated carbocycles. The van der Waals surface area contributed by atoms with E-state index in [1.165, 1.54) is 10.6 Å². The summed E-state index contributed by atoms with van der Waals surface area (Å²) in [4.78, 5) is 22.4. The lowest BCUT2D eigenvalue weighted by Gasteiger charge is -2.05. The molecular weight excluding hydrogens is 230 g/mol. The third kappa shape index (κ3) is 1.79. The molecule has 1 heterocycles. The number of aryl methyl sites for hydroxylation is 1. The zero-order valence-corrected chi connectivity index (χ0v) is 9.32. The van der Waals surface area contributed by atoms with Crippen LogP contribution < -0.4 is 5.56 Å². The minimum atomic E-state index is -1.19. The second-order valence-corrected chi connectivity index (χ2v) is 3.29. The first-order valence-electron chi connectivity index (χ1n) is 4.43. The molecule has 1 aromatic heterocycles. The highest BCUT2D eigenvalue weighted by molar-refractivity contribution is 5.92. The van der Waals surface area contributed by atoms with Gasteiger partial charge in [0, 0.05) is 7.05 Å². The molecule has 0 aliphatic heterocycles. The van der Waals surface area contributed by atoms with Crippen molar-refractivity contribution in [3.05, 3.63) is 46.2 Å². The van der Waals surface area contributed by atoms with Gasteiger partial charge in [0.15, 0.2) is 0 Å². The van der Waals surface area contributed by atoms with E-state index in [-0.39, 0.29) is 18.0 Å².